The van der Waals surface area contributed by atoms with Crippen LogP contribution in [0.2, 0.25) is 5.02 Å². The van der Waals surface area contributed by atoms with Crippen molar-refractivity contribution in [3.8, 4) is 11.5 Å². The predicted octanol–water partition coefficient (Wildman–Crippen LogP) is 2.89. The monoisotopic (exact) mass is 339 g/mol. The molecule has 22 heavy (non-hydrogen) atoms. The Bertz CT molecular complexity index is 741. The summed E-state index contributed by atoms with van der Waals surface area (Å²) < 4.78 is 14.1. The topological polar surface area (TPSA) is 65.2 Å². The number of benzene rings is 1. The lowest BCUT2D eigenvalue weighted by Crippen LogP contribution is -2.26. The Balaban J connectivity index is 1.97. The molecule has 1 atom stereocenters. The van der Waals surface area contributed by atoms with Gasteiger partial charge in [-0.3, -0.25) is 0 Å². The quantitative estimate of drug-likeness (QED) is 0.841. The van der Waals surface area contributed by atoms with Gasteiger partial charge in [0.15, 0.2) is 16.3 Å². The first-order chi connectivity index (χ1) is 10.6. The first-order valence-corrected chi connectivity index (χ1v) is 7.90. The van der Waals surface area contributed by atoms with Gasteiger partial charge in [-0.15, -0.1) is 0 Å². The van der Waals surface area contributed by atoms with Crippen molar-refractivity contribution < 1.29 is 9.47 Å². The van der Waals surface area contributed by atoms with Crippen molar-refractivity contribution >= 4 is 23.8 Å². The molecular weight excluding hydrogens is 322 g/mol. The number of aromatic amines is 1. The van der Waals surface area contributed by atoms with E-state index in [9.17, 15) is 0 Å². The van der Waals surface area contributed by atoms with E-state index in [1.54, 1.807) is 13.2 Å². The van der Waals surface area contributed by atoms with Crippen LogP contribution in [-0.4, -0.2) is 29.8 Å². The number of nitrogens with two attached hydrogens (primary N) is 1. The molecule has 1 aromatic carbocycles. The van der Waals surface area contributed by atoms with Crippen LogP contribution in [0.1, 0.15) is 17.3 Å². The molecule has 0 spiro atoms. The van der Waals surface area contributed by atoms with Crippen LogP contribution < -0.4 is 15.2 Å². The van der Waals surface area contributed by atoms with E-state index in [1.807, 2.05) is 12.3 Å². The number of hydrogen-bond acceptors (Lipinski definition) is 4. The number of nitrogens with one attached hydrogen (secondary N) is 1. The van der Waals surface area contributed by atoms with E-state index in [2.05, 4.69) is 9.55 Å². The van der Waals surface area contributed by atoms with Crippen molar-refractivity contribution in [3.63, 3.8) is 0 Å². The van der Waals surface area contributed by atoms with E-state index >= 15 is 0 Å². The average Bonchev–Trinajstić information content (AvgIpc) is 2.87. The van der Waals surface area contributed by atoms with Crippen LogP contribution >= 0.6 is 23.8 Å². The average molecular weight is 340 g/mol. The van der Waals surface area contributed by atoms with Gasteiger partial charge in [0, 0.05) is 41.4 Å². The summed E-state index contributed by atoms with van der Waals surface area (Å²) in [6.07, 6.45) is 3.48. The predicted molar refractivity (Wildman–Crippen MR) is 88.6 cm³/mol. The fraction of sp³-hybridized carbons (Fsp3) is 0.400. The number of aromatic nitrogens is 2. The minimum atomic E-state index is 0.121. The molecule has 0 aliphatic carbocycles. The molecule has 118 valence electrons. The van der Waals surface area contributed by atoms with Gasteiger partial charge in [0.05, 0.1) is 13.2 Å². The summed E-state index contributed by atoms with van der Waals surface area (Å²) >= 11 is 11.6. The Morgan fingerprint density at radius 1 is 1.55 bits per heavy atom. The number of H-pyrrole nitrogens is 1. The molecule has 1 aliphatic rings. The van der Waals surface area contributed by atoms with E-state index in [-0.39, 0.29) is 6.04 Å². The second-order valence-corrected chi connectivity index (χ2v) is 6.08. The van der Waals surface area contributed by atoms with Crippen LogP contribution in [-0.2, 0) is 12.8 Å². The van der Waals surface area contributed by atoms with Gasteiger partial charge >= 0.3 is 0 Å². The zero-order valence-electron chi connectivity index (χ0n) is 12.3. The second-order valence-electron chi connectivity index (χ2n) is 5.26. The lowest BCUT2D eigenvalue weighted by atomic mass is 10.0. The van der Waals surface area contributed by atoms with Crippen LogP contribution in [0, 0.1) is 4.77 Å². The molecule has 3 N–H and O–H groups in total. The number of halogens is 1. The SMILES string of the molecule is COc1cc(Cl)cc2c1OC[C@H](n1c(CCN)c[nH]c1=S)C2. The summed E-state index contributed by atoms with van der Waals surface area (Å²) in [5.74, 6) is 1.44. The Kier molecular flexibility index (Phi) is 4.42. The molecule has 3 rings (SSSR count). The van der Waals surface area contributed by atoms with Crippen LogP contribution in [0.25, 0.3) is 0 Å². The summed E-state index contributed by atoms with van der Waals surface area (Å²) in [6.45, 7) is 1.12. The lowest BCUT2D eigenvalue weighted by Gasteiger charge is -2.28. The lowest BCUT2D eigenvalue weighted by molar-refractivity contribution is 0.211. The summed E-state index contributed by atoms with van der Waals surface area (Å²) in [4.78, 5) is 3.09. The molecule has 5 nitrogen and oxygen atoms in total. The van der Waals surface area contributed by atoms with Gasteiger partial charge < -0.3 is 24.8 Å². The van der Waals surface area contributed by atoms with Crippen LogP contribution in [0.15, 0.2) is 18.3 Å². The molecular formula is C15H18ClN3O2S. The number of fused-ring (bicyclic) bond motifs is 1. The van der Waals surface area contributed by atoms with Gasteiger partial charge in [-0.1, -0.05) is 11.6 Å². The fourth-order valence-electron chi connectivity index (χ4n) is 2.90. The van der Waals surface area contributed by atoms with E-state index in [1.165, 1.54) is 0 Å². The van der Waals surface area contributed by atoms with Gasteiger partial charge in [0.1, 0.15) is 6.61 Å². The third-order valence-electron chi connectivity index (χ3n) is 3.85. The highest BCUT2D eigenvalue weighted by Crippen LogP contribution is 2.40. The van der Waals surface area contributed by atoms with Crippen molar-refractivity contribution in [3.05, 3.63) is 39.4 Å². The van der Waals surface area contributed by atoms with Gasteiger partial charge in [-0.05, 0) is 24.8 Å². The molecule has 2 aromatic rings. The minimum absolute atomic E-state index is 0.121. The summed E-state index contributed by atoms with van der Waals surface area (Å²) in [6, 6.07) is 3.81. The van der Waals surface area contributed by atoms with Gasteiger partial charge in [0.25, 0.3) is 0 Å². The maximum Gasteiger partial charge on any atom is 0.177 e. The Morgan fingerprint density at radius 2 is 2.36 bits per heavy atom. The zero-order valence-corrected chi connectivity index (χ0v) is 13.8. The number of rotatable bonds is 4. The van der Waals surface area contributed by atoms with Crippen molar-refractivity contribution in [2.24, 2.45) is 5.73 Å². The highest BCUT2D eigenvalue weighted by Gasteiger charge is 2.26. The van der Waals surface area contributed by atoms with Crippen molar-refractivity contribution in [2.75, 3.05) is 20.3 Å². The third-order valence-corrected chi connectivity index (χ3v) is 4.38. The molecule has 1 aliphatic heterocycles. The summed E-state index contributed by atoms with van der Waals surface area (Å²) in [7, 11) is 1.61. The number of hydrogen-bond donors (Lipinski definition) is 2. The van der Waals surface area contributed by atoms with Gasteiger partial charge in [0.2, 0.25) is 0 Å². The minimum Gasteiger partial charge on any atom is -0.493 e. The normalized spacial score (nSPS) is 17.0. The highest BCUT2D eigenvalue weighted by atomic mass is 35.5. The molecule has 0 unspecified atom stereocenters. The maximum atomic E-state index is 6.16. The number of nitrogens with zero attached hydrogens (tertiary/aromatic N) is 1. The van der Waals surface area contributed by atoms with E-state index < -0.39 is 0 Å². The smallest absolute Gasteiger partial charge is 0.177 e. The number of ether oxygens (including phenoxy) is 2. The molecule has 2 heterocycles. The van der Waals surface area contributed by atoms with E-state index in [0.29, 0.717) is 28.7 Å². The molecule has 7 heteroatoms. The Morgan fingerprint density at radius 3 is 3.09 bits per heavy atom. The van der Waals surface area contributed by atoms with Crippen molar-refractivity contribution in [1.29, 1.82) is 0 Å². The number of imidazole rings is 1. The molecule has 0 bridgehead atoms. The summed E-state index contributed by atoms with van der Waals surface area (Å²) in [5, 5.41) is 0.639. The van der Waals surface area contributed by atoms with E-state index in [0.717, 1.165) is 29.8 Å². The maximum absolute atomic E-state index is 6.16. The Hall–Kier alpha value is -1.50. The first-order valence-electron chi connectivity index (χ1n) is 7.12. The third kappa shape index (κ3) is 2.74. The molecule has 0 radical (unpaired) electrons. The molecule has 0 amide bonds. The summed E-state index contributed by atoms with van der Waals surface area (Å²) in [5.41, 5.74) is 7.80. The molecule has 0 saturated heterocycles. The van der Waals surface area contributed by atoms with Gasteiger partial charge in [-0.2, -0.15) is 0 Å². The molecule has 1 aromatic heterocycles. The van der Waals surface area contributed by atoms with Crippen molar-refractivity contribution in [1.82, 2.24) is 9.55 Å². The molecule has 0 saturated carbocycles. The van der Waals surface area contributed by atoms with Gasteiger partial charge in [-0.25, -0.2) is 0 Å². The first kappa shape index (κ1) is 15.4. The standard InChI is InChI=1S/C15H18ClN3O2S/c1-20-13-6-10(16)4-9-5-12(8-21-14(9)13)19-11(2-3-17)7-18-15(19)22/h4,6-7,12H,2-3,5,8,17H2,1H3,(H,18,22)/t12-/m1/s1. The van der Waals surface area contributed by atoms with E-state index in [4.69, 9.17) is 39.0 Å². The number of methoxy groups -OCH3 is 1. The highest BCUT2D eigenvalue weighted by molar-refractivity contribution is 7.71. The van der Waals surface area contributed by atoms with Crippen LogP contribution in [0.5, 0.6) is 11.5 Å². The Labute approximate surface area is 139 Å². The van der Waals surface area contributed by atoms with Crippen LogP contribution in [0.4, 0.5) is 0 Å². The fourth-order valence-corrected chi connectivity index (χ4v) is 3.46. The second kappa shape index (κ2) is 6.32. The largest absolute Gasteiger partial charge is 0.493 e. The zero-order chi connectivity index (χ0) is 15.7. The molecule has 0 fully saturated rings. The van der Waals surface area contributed by atoms with Crippen LogP contribution in [0.3, 0.4) is 0 Å². The van der Waals surface area contributed by atoms with Crippen molar-refractivity contribution in [2.45, 2.75) is 18.9 Å².